The monoisotopic (exact) mass is 471 g/mol. The van der Waals surface area contributed by atoms with E-state index >= 15 is 0 Å². The van der Waals surface area contributed by atoms with Crippen molar-refractivity contribution in [3.8, 4) is 0 Å². The summed E-state index contributed by atoms with van der Waals surface area (Å²) in [6.07, 6.45) is -4.38. The fourth-order valence-electron chi connectivity index (χ4n) is 3.10. The Morgan fingerprint density at radius 3 is 2.15 bits per heavy atom. The number of halogens is 3. The van der Waals surface area contributed by atoms with E-state index in [1.165, 1.54) is 12.1 Å². The third kappa shape index (κ3) is 8.25. The molecule has 9 heteroatoms. The first-order valence-electron chi connectivity index (χ1n) is 10.4. The van der Waals surface area contributed by atoms with Crippen molar-refractivity contribution in [2.75, 3.05) is 17.2 Å². The van der Waals surface area contributed by atoms with Crippen molar-refractivity contribution in [1.29, 1.82) is 0 Å². The van der Waals surface area contributed by atoms with Crippen molar-refractivity contribution < 1.29 is 27.5 Å². The topological polar surface area (TPSA) is 79.5 Å². The lowest BCUT2D eigenvalue weighted by Gasteiger charge is -2.11. The number of hydrogen-bond donors (Lipinski definition) is 3. The third-order valence-electron chi connectivity index (χ3n) is 4.66. The second kappa shape index (κ2) is 11.3. The van der Waals surface area contributed by atoms with E-state index in [9.17, 15) is 22.8 Å². The molecular formula is C25H24F3N3O3. The van der Waals surface area contributed by atoms with Crippen LogP contribution >= 0.6 is 0 Å². The molecule has 34 heavy (non-hydrogen) atoms. The summed E-state index contributed by atoms with van der Waals surface area (Å²) in [4.78, 5) is 24.6. The first-order valence-corrected chi connectivity index (χ1v) is 10.4. The molecule has 0 radical (unpaired) electrons. The molecule has 6 nitrogen and oxygen atoms in total. The van der Waals surface area contributed by atoms with Crippen LogP contribution in [0.5, 0.6) is 0 Å². The number of anilines is 2. The minimum atomic E-state index is -4.38. The van der Waals surface area contributed by atoms with Crippen LogP contribution in [-0.2, 0) is 17.9 Å². The van der Waals surface area contributed by atoms with Gasteiger partial charge in [-0.15, -0.1) is 0 Å². The molecule has 0 aromatic heterocycles. The molecule has 3 aromatic rings. The van der Waals surface area contributed by atoms with Gasteiger partial charge in [-0.25, -0.2) is 4.79 Å². The van der Waals surface area contributed by atoms with Gasteiger partial charge in [0, 0.05) is 23.5 Å². The number of benzene rings is 3. The molecule has 3 aromatic carbocycles. The highest BCUT2D eigenvalue weighted by atomic mass is 19.4. The highest BCUT2D eigenvalue weighted by molar-refractivity contribution is 5.99. The molecule has 0 fully saturated rings. The Labute approximate surface area is 195 Å². The zero-order valence-electron chi connectivity index (χ0n) is 18.4. The van der Waals surface area contributed by atoms with E-state index in [1.807, 2.05) is 31.2 Å². The summed E-state index contributed by atoms with van der Waals surface area (Å²) in [5.41, 5.74) is 3.95. The van der Waals surface area contributed by atoms with Crippen molar-refractivity contribution in [2.24, 2.45) is 0 Å². The average molecular weight is 471 g/mol. The van der Waals surface area contributed by atoms with Gasteiger partial charge in [-0.05, 0) is 60.0 Å². The smallest absolute Gasteiger partial charge is 0.367 e. The van der Waals surface area contributed by atoms with E-state index in [2.05, 4.69) is 20.7 Å². The summed E-state index contributed by atoms with van der Waals surface area (Å²) in [7, 11) is 0. The van der Waals surface area contributed by atoms with Crippen LogP contribution in [0.4, 0.5) is 29.3 Å². The van der Waals surface area contributed by atoms with Gasteiger partial charge in [0.15, 0.2) is 0 Å². The molecule has 0 heterocycles. The standard InChI is InChI=1S/C25H24F3N3O3/c1-17-4-2-6-21(12-17)30-24(33)31-22-7-3-5-19(13-22)14-29-23(32)20-10-8-18(9-11-20)15-34-16-25(26,27)28/h2-13H,14-16H2,1H3,(H,29,32)(H2,30,31,33). The van der Waals surface area contributed by atoms with Crippen molar-refractivity contribution in [1.82, 2.24) is 5.32 Å². The zero-order chi connectivity index (χ0) is 24.6. The molecule has 0 unspecified atom stereocenters. The zero-order valence-corrected chi connectivity index (χ0v) is 18.4. The normalized spacial score (nSPS) is 11.1. The lowest BCUT2D eigenvalue weighted by molar-refractivity contribution is -0.176. The van der Waals surface area contributed by atoms with E-state index in [0.717, 1.165) is 11.1 Å². The molecule has 3 N–H and O–H groups in total. The largest absolute Gasteiger partial charge is 0.411 e. The van der Waals surface area contributed by atoms with Crippen LogP contribution in [0.25, 0.3) is 0 Å². The van der Waals surface area contributed by atoms with E-state index in [4.69, 9.17) is 0 Å². The Bertz CT molecular complexity index is 1130. The highest BCUT2D eigenvalue weighted by Crippen LogP contribution is 2.16. The number of hydrogen-bond acceptors (Lipinski definition) is 3. The molecular weight excluding hydrogens is 447 g/mol. The summed E-state index contributed by atoms with van der Waals surface area (Å²) < 4.78 is 41.0. The Hall–Kier alpha value is -3.85. The van der Waals surface area contributed by atoms with Gasteiger partial charge in [-0.1, -0.05) is 36.4 Å². The summed E-state index contributed by atoms with van der Waals surface area (Å²) in [6, 6.07) is 20.2. The molecule has 0 saturated heterocycles. The molecule has 3 rings (SSSR count). The van der Waals surface area contributed by atoms with Crippen molar-refractivity contribution in [2.45, 2.75) is 26.3 Å². The van der Waals surface area contributed by atoms with E-state index in [0.29, 0.717) is 22.5 Å². The number of aryl methyl sites for hydroxylation is 1. The number of carbonyl (C=O) groups is 2. The molecule has 0 bridgehead atoms. The number of nitrogens with one attached hydrogen (secondary N) is 3. The van der Waals surface area contributed by atoms with Gasteiger partial charge in [0.2, 0.25) is 0 Å². The van der Waals surface area contributed by atoms with Gasteiger partial charge in [-0.3, -0.25) is 4.79 Å². The van der Waals surface area contributed by atoms with Gasteiger partial charge < -0.3 is 20.7 Å². The second-order valence-corrected chi connectivity index (χ2v) is 7.64. The molecule has 0 atom stereocenters. The number of ether oxygens (including phenoxy) is 1. The van der Waals surface area contributed by atoms with Gasteiger partial charge in [0.25, 0.3) is 5.91 Å². The van der Waals surface area contributed by atoms with Gasteiger partial charge in [-0.2, -0.15) is 13.2 Å². The van der Waals surface area contributed by atoms with E-state index < -0.39 is 12.8 Å². The van der Waals surface area contributed by atoms with E-state index in [-0.39, 0.29) is 25.1 Å². The Kier molecular flexibility index (Phi) is 8.26. The summed E-state index contributed by atoms with van der Waals surface area (Å²) >= 11 is 0. The van der Waals surface area contributed by atoms with Crippen LogP contribution in [-0.4, -0.2) is 24.7 Å². The fraction of sp³-hybridized carbons (Fsp3) is 0.200. The van der Waals surface area contributed by atoms with Gasteiger partial charge >= 0.3 is 12.2 Å². The molecule has 3 amide bonds. The van der Waals surface area contributed by atoms with Crippen LogP contribution in [0.2, 0.25) is 0 Å². The van der Waals surface area contributed by atoms with Crippen molar-refractivity contribution in [3.05, 3.63) is 95.1 Å². The number of amides is 3. The summed E-state index contributed by atoms with van der Waals surface area (Å²) in [5, 5.41) is 8.30. The Balaban J connectivity index is 1.49. The second-order valence-electron chi connectivity index (χ2n) is 7.64. The molecule has 178 valence electrons. The van der Waals surface area contributed by atoms with Gasteiger partial charge in [0.05, 0.1) is 6.61 Å². The lowest BCUT2D eigenvalue weighted by Crippen LogP contribution is -2.23. The minimum absolute atomic E-state index is 0.196. The SMILES string of the molecule is Cc1cccc(NC(=O)Nc2cccc(CNC(=O)c3ccc(COCC(F)(F)F)cc3)c2)c1. The van der Waals surface area contributed by atoms with Crippen molar-refractivity contribution >= 4 is 23.3 Å². The summed E-state index contributed by atoms with van der Waals surface area (Å²) in [6.45, 7) is 0.641. The molecule has 0 saturated carbocycles. The predicted molar refractivity (Wildman–Crippen MR) is 124 cm³/mol. The number of rotatable bonds is 8. The highest BCUT2D eigenvalue weighted by Gasteiger charge is 2.27. The van der Waals surface area contributed by atoms with Crippen molar-refractivity contribution in [3.63, 3.8) is 0 Å². The predicted octanol–water partition coefficient (Wildman–Crippen LogP) is 5.65. The Morgan fingerprint density at radius 1 is 0.853 bits per heavy atom. The lowest BCUT2D eigenvalue weighted by atomic mass is 10.1. The maximum Gasteiger partial charge on any atom is 0.411 e. The number of carbonyl (C=O) groups excluding carboxylic acids is 2. The molecule has 0 aliphatic rings. The Morgan fingerprint density at radius 2 is 1.50 bits per heavy atom. The number of urea groups is 1. The van der Waals surface area contributed by atoms with Crippen LogP contribution in [0.3, 0.4) is 0 Å². The first-order chi connectivity index (χ1) is 16.2. The van der Waals surface area contributed by atoms with E-state index in [1.54, 1.807) is 36.4 Å². The van der Waals surface area contributed by atoms with Crippen LogP contribution < -0.4 is 16.0 Å². The average Bonchev–Trinajstić information content (AvgIpc) is 2.77. The fourth-order valence-corrected chi connectivity index (χ4v) is 3.10. The summed E-state index contributed by atoms with van der Waals surface area (Å²) in [5.74, 6) is -0.335. The quantitative estimate of drug-likeness (QED) is 0.397. The maximum atomic E-state index is 12.4. The first kappa shape index (κ1) is 24.8. The van der Waals surface area contributed by atoms with Gasteiger partial charge in [0.1, 0.15) is 6.61 Å². The molecule has 0 aliphatic carbocycles. The molecule has 0 spiro atoms. The van der Waals surface area contributed by atoms with Crippen LogP contribution in [0, 0.1) is 6.92 Å². The maximum absolute atomic E-state index is 12.4. The molecule has 0 aliphatic heterocycles. The minimum Gasteiger partial charge on any atom is -0.367 e. The third-order valence-corrected chi connectivity index (χ3v) is 4.66. The van der Waals surface area contributed by atoms with Crippen LogP contribution in [0.15, 0.2) is 72.8 Å². The van der Waals surface area contributed by atoms with Crippen LogP contribution in [0.1, 0.15) is 27.0 Å². The number of alkyl halides is 3.